The average Bonchev–Trinajstić information content (AvgIpc) is 1.73. The molecule has 0 atom stereocenters. The van der Waals surface area contributed by atoms with Crippen LogP contribution in [0.2, 0.25) is 15.1 Å². The largest absolute Gasteiger partial charge is 0.386 e. The number of aromatic nitrogens is 5. The van der Waals surface area contributed by atoms with Crippen molar-refractivity contribution in [2.75, 3.05) is 89.9 Å². The van der Waals surface area contributed by atoms with E-state index in [0.29, 0.717) is 96.7 Å². The number of nitriles is 1. The Morgan fingerprint density at radius 2 is 0.682 bits per heavy atom. The summed E-state index contributed by atoms with van der Waals surface area (Å²) in [5, 5.41) is 20.9. The fourth-order valence-electron chi connectivity index (χ4n) is 20.6. The molecule has 0 bridgehead atoms. The van der Waals surface area contributed by atoms with Crippen LogP contribution in [0.1, 0.15) is 255 Å². The summed E-state index contributed by atoms with van der Waals surface area (Å²) in [6.07, 6.45) is 36.7. The standard InChI is InChI=1S/C26H34N2O2.C23H28N2O.C21H22ClN3O.C21H25ClN2O.C20H24ClFN2O/c1-26(2,30)22-9-7-19(8-10-22)20-11-14-27(15-12-20)23-13-16-28(17-18-3-4-18)25(29)24(23)21-5-6-21;26-23-22(20-8-9-20)21(12-15-25(23)16-17-6-7-17)24-13-10-19(11-14-24)18-4-2-1-3-5-18;22-19-18(8-11-25(20(19)26)14-16-6-7-16)24-12-9-21(15-23,10-13-24)17-4-2-1-3-5-17;22-20-19(11-15-24(21(20)25)12-8-16-6-7-16)23-13-9-18(10-14-23)17-4-2-1-3-5-17;1-2-3-12-24-13-9-17(18(21)19(24)25)23-14-10-20(22,11-15-23)16-7-5-4-6-8-16/h7-10,13,16,18,20-21,30H,3-6,11-12,14-15,17H2,1-2H3;1-5,12,15,17,19-20H,6-11,13-14,16H2;1-5,8,11,16H,6-7,9-10,12-14H2;1-5,11,15-16,18H,6-10,12-14H2;4-9,13H,2-3,10-12,14-15H2,1H3. The molecule has 0 amide bonds. The highest BCUT2D eigenvalue weighted by Gasteiger charge is 2.41. The molecule has 10 heterocycles. The second-order valence-corrected chi connectivity index (χ2v) is 41.4. The first kappa shape index (κ1) is 93.9. The van der Waals surface area contributed by atoms with Crippen molar-refractivity contribution >= 4 is 63.2 Å². The number of rotatable bonds is 25. The van der Waals surface area contributed by atoms with E-state index in [9.17, 15) is 34.3 Å². The SMILES string of the molecule is CC(C)(O)c1ccc(C2CCN(c3ccn(CC4CC4)c(=O)c3C3CC3)CC2)cc1.CCCCn1ccc(N2CCC(F)(c3ccccc3)CC2)c(Cl)c1=O.N#CC1(c2ccccc2)CCN(c2ccn(CC3CC3)c(=O)c2Cl)CC1.O=c1c(C2CC2)c(N2CCC(c3ccccc3)CC2)ccn1CC1CC1.O=c1c(Cl)c(N2CCC(c3ccccc3)CC2)ccn1CCC1CC1. The molecule has 0 unspecified atom stereocenters. The monoisotopic (exact) mass is 1840 g/mol. The number of benzene rings is 5. The van der Waals surface area contributed by atoms with E-state index in [2.05, 4.69) is 136 Å². The Morgan fingerprint density at radius 1 is 0.364 bits per heavy atom. The van der Waals surface area contributed by atoms with Gasteiger partial charge in [-0.3, -0.25) is 24.0 Å². The summed E-state index contributed by atoms with van der Waals surface area (Å²) in [6.45, 7) is 18.4. The van der Waals surface area contributed by atoms with Crippen LogP contribution < -0.4 is 52.3 Å². The van der Waals surface area contributed by atoms with E-state index in [1.807, 2.05) is 125 Å². The van der Waals surface area contributed by atoms with Crippen molar-refractivity contribution in [1.29, 1.82) is 5.26 Å². The Balaban J connectivity index is 0.000000115. The van der Waals surface area contributed by atoms with Gasteiger partial charge in [0.25, 0.3) is 27.8 Å². The van der Waals surface area contributed by atoms with Gasteiger partial charge in [-0.2, -0.15) is 5.26 Å². The molecule has 1 N–H and O–H groups in total. The summed E-state index contributed by atoms with van der Waals surface area (Å²) in [5.41, 5.74) is 11.8. The molecule has 17 nitrogen and oxygen atoms in total. The van der Waals surface area contributed by atoms with E-state index in [0.717, 1.165) is 186 Å². The normalized spacial score (nSPS) is 19.3. The van der Waals surface area contributed by atoms with Gasteiger partial charge in [-0.25, -0.2) is 4.39 Å². The van der Waals surface area contributed by atoms with Gasteiger partial charge in [0.05, 0.1) is 34.1 Å². The van der Waals surface area contributed by atoms with Gasteiger partial charge in [-0.05, 0) is 259 Å². The smallest absolute Gasteiger partial charge is 0.271 e. The summed E-state index contributed by atoms with van der Waals surface area (Å²) >= 11 is 19.2. The maximum atomic E-state index is 15.3. The summed E-state index contributed by atoms with van der Waals surface area (Å²) < 4.78 is 24.4. The van der Waals surface area contributed by atoms with Crippen LogP contribution in [0, 0.1) is 35.0 Å². The molecule has 21 heteroatoms. The maximum absolute atomic E-state index is 15.3. The number of alkyl halides is 1. The number of pyridine rings is 5. The van der Waals surface area contributed by atoms with Gasteiger partial charge in [-0.15, -0.1) is 0 Å². The van der Waals surface area contributed by atoms with Crippen LogP contribution >= 0.6 is 34.8 Å². The second-order valence-electron chi connectivity index (χ2n) is 40.3. The third-order valence-electron chi connectivity index (χ3n) is 30.1. The molecule has 10 aromatic rings. The molecule has 0 spiro atoms. The van der Waals surface area contributed by atoms with Gasteiger partial charge in [0.1, 0.15) is 20.7 Å². The van der Waals surface area contributed by atoms with E-state index in [-0.39, 0.29) is 27.3 Å². The predicted octanol–water partition coefficient (Wildman–Crippen LogP) is 22.7. The quantitative estimate of drug-likeness (QED) is 0.0575. The maximum Gasteiger partial charge on any atom is 0.271 e. The van der Waals surface area contributed by atoms with Crippen LogP contribution in [-0.4, -0.2) is 93.4 Å². The molecule has 696 valence electrons. The van der Waals surface area contributed by atoms with Gasteiger partial charge >= 0.3 is 0 Å². The lowest BCUT2D eigenvalue weighted by molar-refractivity contribution is 0.0785. The molecule has 11 fully saturated rings. The van der Waals surface area contributed by atoms with Gasteiger partial charge < -0.3 is 52.4 Å². The zero-order valence-electron chi connectivity index (χ0n) is 77.5. The van der Waals surface area contributed by atoms with E-state index < -0.39 is 16.7 Å². The van der Waals surface area contributed by atoms with Crippen molar-refractivity contribution in [3.05, 3.63) is 318 Å². The van der Waals surface area contributed by atoms with Crippen molar-refractivity contribution in [2.45, 2.75) is 260 Å². The fourth-order valence-corrected chi connectivity index (χ4v) is 21.5. The number of anilines is 5. The lowest BCUT2D eigenvalue weighted by atomic mass is 9.74. The highest BCUT2D eigenvalue weighted by atomic mass is 35.5. The molecular weight excluding hydrogens is 1710 g/mol. The Kier molecular flexibility index (Phi) is 30.1. The Morgan fingerprint density at radius 3 is 1.05 bits per heavy atom. The molecule has 0 radical (unpaired) electrons. The second kappa shape index (κ2) is 42.3. The highest BCUT2D eigenvalue weighted by molar-refractivity contribution is 6.33. The van der Waals surface area contributed by atoms with Crippen LogP contribution in [0.3, 0.4) is 0 Å². The van der Waals surface area contributed by atoms with Gasteiger partial charge in [0.2, 0.25) is 0 Å². The number of unbranched alkanes of at least 4 members (excludes halogenated alkanes) is 1. The minimum Gasteiger partial charge on any atom is -0.386 e. The van der Waals surface area contributed by atoms with Crippen molar-refractivity contribution in [2.24, 2.45) is 23.7 Å². The third kappa shape index (κ3) is 23.2. The molecule has 5 aromatic carbocycles. The zero-order valence-corrected chi connectivity index (χ0v) is 79.8. The van der Waals surface area contributed by atoms with Crippen LogP contribution in [0.15, 0.2) is 231 Å². The molecular formula is C111H133Cl3FN11O6. The minimum absolute atomic E-state index is 0.0370. The van der Waals surface area contributed by atoms with Crippen molar-refractivity contribution < 1.29 is 9.50 Å². The van der Waals surface area contributed by atoms with Crippen LogP contribution in [0.25, 0.3) is 0 Å². The first-order valence-corrected chi connectivity index (χ1v) is 50.7. The van der Waals surface area contributed by atoms with Crippen molar-refractivity contribution in [3.8, 4) is 6.07 Å². The molecule has 21 rings (SSSR count). The molecule has 5 aromatic heterocycles. The highest BCUT2D eigenvalue weighted by Crippen LogP contribution is 2.48. The number of aliphatic hydroxyl groups is 1. The molecule has 132 heavy (non-hydrogen) atoms. The van der Waals surface area contributed by atoms with E-state index in [1.165, 1.54) is 118 Å². The lowest BCUT2D eigenvalue weighted by Gasteiger charge is -2.39. The predicted molar refractivity (Wildman–Crippen MR) is 536 cm³/mol. The molecule has 5 saturated heterocycles. The first-order chi connectivity index (χ1) is 64.1. The fraction of sp³-hybridized carbons (Fsp3) is 0.495. The molecule has 6 aliphatic carbocycles. The summed E-state index contributed by atoms with van der Waals surface area (Å²) in [5.74, 6) is 5.72. The summed E-state index contributed by atoms with van der Waals surface area (Å²) in [4.78, 5) is 75.2. The minimum atomic E-state index is -1.31. The Labute approximate surface area is 793 Å². The first-order valence-electron chi connectivity index (χ1n) is 49.6. The zero-order chi connectivity index (χ0) is 91.6. The number of hydrogen-bond acceptors (Lipinski definition) is 12. The Bertz CT molecular complexity index is 5890. The van der Waals surface area contributed by atoms with Gasteiger partial charge in [-0.1, -0.05) is 207 Å². The molecule has 6 saturated carbocycles. The number of piperidine rings is 5. The number of nitrogens with zero attached hydrogens (tertiary/aromatic N) is 11. The van der Waals surface area contributed by atoms with E-state index >= 15 is 4.39 Å². The van der Waals surface area contributed by atoms with Crippen molar-refractivity contribution in [3.63, 3.8) is 0 Å². The van der Waals surface area contributed by atoms with Gasteiger partial charge in [0.15, 0.2) is 0 Å². The average molecular weight is 1840 g/mol. The lowest BCUT2D eigenvalue weighted by Crippen LogP contribution is -2.42. The van der Waals surface area contributed by atoms with E-state index in [1.54, 1.807) is 19.9 Å². The van der Waals surface area contributed by atoms with Crippen LogP contribution in [0.4, 0.5) is 32.8 Å². The molecule has 11 aliphatic rings. The topological polar surface area (TPSA) is 170 Å². The third-order valence-corrected chi connectivity index (χ3v) is 31.2. The number of hydrogen-bond donors (Lipinski definition) is 1. The summed E-state index contributed by atoms with van der Waals surface area (Å²) in [7, 11) is 0. The number of aryl methyl sites for hydroxylation is 2. The van der Waals surface area contributed by atoms with Gasteiger partial charge in [0, 0.05) is 164 Å². The summed E-state index contributed by atoms with van der Waals surface area (Å²) in [6, 6.07) is 62.3. The number of halogens is 4. The Hall–Kier alpha value is -9.90. The molecule has 5 aliphatic heterocycles. The van der Waals surface area contributed by atoms with Crippen molar-refractivity contribution in [1.82, 2.24) is 22.8 Å². The van der Waals surface area contributed by atoms with Crippen LogP contribution in [0.5, 0.6) is 0 Å². The van der Waals surface area contributed by atoms with E-state index in [4.69, 9.17) is 34.8 Å². The van der Waals surface area contributed by atoms with Crippen LogP contribution in [-0.2, 0) is 49.4 Å².